The van der Waals surface area contributed by atoms with Crippen molar-refractivity contribution in [1.29, 1.82) is 0 Å². The third kappa shape index (κ3) is 2.85. The van der Waals surface area contributed by atoms with Crippen LogP contribution >= 0.6 is 0 Å². The number of likely N-dealkylation sites (tertiary alicyclic amines) is 1. The van der Waals surface area contributed by atoms with Gasteiger partial charge in [-0.1, -0.05) is 0 Å². The Kier molecular flexibility index (Phi) is 4.61. The first-order chi connectivity index (χ1) is 14.6. The smallest absolute Gasteiger partial charge is 0.228 e. The highest BCUT2D eigenvalue weighted by Gasteiger charge is 2.47. The number of hydrogen-bond acceptors (Lipinski definition) is 7. The van der Waals surface area contributed by atoms with Gasteiger partial charge in [0.15, 0.2) is 17.1 Å². The number of ketones is 1. The van der Waals surface area contributed by atoms with E-state index in [9.17, 15) is 9.59 Å². The molecule has 3 aliphatic heterocycles. The second-order valence-electron chi connectivity index (χ2n) is 8.20. The van der Waals surface area contributed by atoms with Crippen LogP contribution in [0.3, 0.4) is 0 Å². The molecule has 8 nitrogen and oxygen atoms in total. The van der Waals surface area contributed by atoms with Crippen LogP contribution in [-0.4, -0.2) is 62.7 Å². The highest BCUT2D eigenvalue weighted by atomic mass is 16.5. The van der Waals surface area contributed by atoms with Crippen LogP contribution in [0.25, 0.3) is 11.0 Å². The summed E-state index contributed by atoms with van der Waals surface area (Å²) in [6.45, 7) is 2.26. The molecule has 30 heavy (non-hydrogen) atoms. The van der Waals surface area contributed by atoms with E-state index in [4.69, 9.17) is 23.4 Å². The molecular weight excluding hydrogens is 390 g/mol. The van der Waals surface area contributed by atoms with E-state index in [0.717, 1.165) is 6.42 Å². The topological polar surface area (TPSA) is 87.4 Å². The Morgan fingerprint density at radius 3 is 2.63 bits per heavy atom. The molecule has 1 aromatic heterocycles. The number of furan rings is 1. The Balaban J connectivity index is 1.45. The van der Waals surface area contributed by atoms with Crippen molar-refractivity contribution in [2.45, 2.75) is 31.3 Å². The summed E-state index contributed by atoms with van der Waals surface area (Å²) in [6.07, 6.45) is 3.73. The Labute approximate surface area is 174 Å². The number of methoxy groups -OCH3 is 2. The van der Waals surface area contributed by atoms with Gasteiger partial charge in [0.1, 0.15) is 16.9 Å². The molecular formula is C22H25NO7. The van der Waals surface area contributed by atoms with E-state index in [2.05, 4.69) is 0 Å². The second kappa shape index (κ2) is 7.19. The summed E-state index contributed by atoms with van der Waals surface area (Å²) in [4.78, 5) is 27.9. The fourth-order valence-electron chi connectivity index (χ4n) is 4.90. The van der Waals surface area contributed by atoms with Crippen molar-refractivity contribution in [1.82, 2.24) is 4.90 Å². The minimum absolute atomic E-state index is 0.0431. The summed E-state index contributed by atoms with van der Waals surface area (Å²) in [5, 5.41) is 0.681. The number of benzene rings is 1. The van der Waals surface area contributed by atoms with Gasteiger partial charge in [0, 0.05) is 32.5 Å². The van der Waals surface area contributed by atoms with Gasteiger partial charge >= 0.3 is 0 Å². The second-order valence-corrected chi connectivity index (χ2v) is 8.20. The molecule has 1 amide bonds. The number of fused-ring (bicyclic) bond motifs is 2. The highest BCUT2D eigenvalue weighted by molar-refractivity contribution is 6.10. The van der Waals surface area contributed by atoms with E-state index in [-0.39, 0.29) is 24.0 Å². The van der Waals surface area contributed by atoms with Crippen LogP contribution in [0.2, 0.25) is 0 Å². The van der Waals surface area contributed by atoms with Crippen LogP contribution in [0.4, 0.5) is 0 Å². The first kappa shape index (κ1) is 19.2. The summed E-state index contributed by atoms with van der Waals surface area (Å²) in [5.41, 5.74) is 0.230. The lowest BCUT2D eigenvalue weighted by Crippen LogP contribution is -2.53. The largest absolute Gasteiger partial charge is 0.495 e. The number of Topliss-reactive ketones (excluding diaryl/α,β-unsaturated/α-hetero) is 1. The number of hydrogen-bond donors (Lipinski definition) is 0. The zero-order chi connectivity index (χ0) is 20.9. The van der Waals surface area contributed by atoms with Gasteiger partial charge in [-0.25, -0.2) is 0 Å². The van der Waals surface area contributed by atoms with Crippen LogP contribution in [0, 0.1) is 5.92 Å². The first-order valence-electron chi connectivity index (χ1n) is 10.3. The van der Waals surface area contributed by atoms with Gasteiger partial charge < -0.3 is 28.3 Å². The normalized spacial score (nSPS) is 22.8. The Bertz CT molecular complexity index is 997. The zero-order valence-corrected chi connectivity index (χ0v) is 17.2. The number of piperidine rings is 1. The van der Waals surface area contributed by atoms with Gasteiger partial charge in [0.05, 0.1) is 44.8 Å². The minimum atomic E-state index is -0.661. The van der Waals surface area contributed by atoms with Gasteiger partial charge in [-0.05, 0) is 12.5 Å². The molecule has 0 radical (unpaired) electrons. The van der Waals surface area contributed by atoms with Crippen LogP contribution in [-0.2, 0) is 9.53 Å². The lowest BCUT2D eigenvalue weighted by atomic mass is 9.81. The predicted molar refractivity (Wildman–Crippen MR) is 106 cm³/mol. The molecule has 2 fully saturated rings. The van der Waals surface area contributed by atoms with E-state index in [1.807, 2.05) is 4.90 Å². The van der Waals surface area contributed by atoms with Crippen molar-refractivity contribution in [2.24, 2.45) is 5.92 Å². The molecule has 2 aromatic rings. The molecule has 1 atom stereocenters. The third-order valence-corrected chi connectivity index (χ3v) is 6.53. The number of carbonyl (C=O) groups is 2. The molecule has 2 saturated heterocycles. The van der Waals surface area contributed by atoms with E-state index >= 15 is 0 Å². The fourth-order valence-corrected chi connectivity index (χ4v) is 4.90. The number of amides is 1. The maximum absolute atomic E-state index is 13.3. The van der Waals surface area contributed by atoms with Crippen molar-refractivity contribution in [3.63, 3.8) is 0 Å². The molecule has 5 rings (SSSR count). The predicted octanol–water partition coefficient (Wildman–Crippen LogP) is 2.81. The SMILES string of the molecule is COc1c2c(c(OC)c3occc13)OC1(CCN(C(=O)C3CCOC3)CC1)CC2=O. The van der Waals surface area contributed by atoms with E-state index in [1.165, 1.54) is 20.5 Å². The van der Waals surface area contributed by atoms with Crippen LogP contribution < -0.4 is 14.2 Å². The van der Waals surface area contributed by atoms with Crippen LogP contribution in [0.1, 0.15) is 36.0 Å². The van der Waals surface area contributed by atoms with Crippen molar-refractivity contribution >= 4 is 22.7 Å². The van der Waals surface area contributed by atoms with Gasteiger partial charge in [-0.15, -0.1) is 0 Å². The minimum Gasteiger partial charge on any atom is -0.495 e. The maximum Gasteiger partial charge on any atom is 0.228 e. The average molecular weight is 415 g/mol. The molecule has 0 N–H and O–H groups in total. The van der Waals surface area contributed by atoms with E-state index < -0.39 is 5.60 Å². The summed E-state index contributed by atoms with van der Waals surface area (Å²) in [6, 6.07) is 1.76. The fraction of sp³-hybridized carbons (Fsp3) is 0.545. The summed E-state index contributed by atoms with van der Waals surface area (Å²) in [7, 11) is 3.06. The van der Waals surface area contributed by atoms with Crippen molar-refractivity contribution in [2.75, 3.05) is 40.5 Å². The Morgan fingerprint density at radius 1 is 1.20 bits per heavy atom. The van der Waals surface area contributed by atoms with Gasteiger partial charge in [-0.3, -0.25) is 9.59 Å². The third-order valence-electron chi connectivity index (χ3n) is 6.53. The molecule has 4 heterocycles. The standard InChI is InChI=1S/C22H25NO7/c1-26-17-14-4-10-29-18(14)20(27-2)19-16(17)15(24)11-22(30-19)5-7-23(8-6-22)21(25)13-3-9-28-12-13/h4,10,13H,3,5-9,11-12H2,1-2H3. The summed E-state index contributed by atoms with van der Waals surface area (Å²) < 4.78 is 28.6. The number of ether oxygens (including phenoxy) is 4. The monoisotopic (exact) mass is 415 g/mol. The zero-order valence-electron chi connectivity index (χ0n) is 17.2. The van der Waals surface area contributed by atoms with Gasteiger partial charge in [-0.2, -0.15) is 0 Å². The van der Waals surface area contributed by atoms with Gasteiger partial charge in [0.25, 0.3) is 0 Å². The van der Waals surface area contributed by atoms with Crippen molar-refractivity contribution < 1.29 is 33.0 Å². The Hall–Kier alpha value is -2.74. The number of carbonyl (C=O) groups excluding carboxylic acids is 2. The molecule has 8 heteroatoms. The molecule has 1 unspecified atom stereocenters. The average Bonchev–Trinajstić information content (AvgIpc) is 3.44. The first-order valence-corrected chi connectivity index (χ1v) is 10.3. The molecule has 1 spiro atoms. The molecule has 0 bridgehead atoms. The van der Waals surface area contributed by atoms with Crippen molar-refractivity contribution in [3.8, 4) is 17.2 Å². The molecule has 0 saturated carbocycles. The quantitative estimate of drug-likeness (QED) is 0.762. The summed E-state index contributed by atoms with van der Waals surface area (Å²) in [5.74, 6) is 1.27. The molecule has 3 aliphatic rings. The van der Waals surface area contributed by atoms with Crippen molar-refractivity contribution in [3.05, 3.63) is 17.9 Å². The van der Waals surface area contributed by atoms with Crippen LogP contribution in [0.15, 0.2) is 16.7 Å². The van der Waals surface area contributed by atoms with E-state index in [1.54, 1.807) is 6.07 Å². The molecule has 160 valence electrons. The van der Waals surface area contributed by atoms with Crippen LogP contribution in [0.5, 0.6) is 17.2 Å². The Morgan fingerprint density at radius 2 is 1.97 bits per heavy atom. The summed E-state index contributed by atoms with van der Waals surface area (Å²) >= 11 is 0. The van der Waals surface area contributed by atoms with Gasteiger partial charge in [0.2, 0.25) is 11.7 Å². The molecule has 0 aliphatic carbocycles. The number of rotatable bonds is 3. The highest BCUT2D eigenvalue weighted by Crippen LogP contribution is 2.52. The maximum atomic E-state index is 13.3. The lowest BCUT2D eigenvalue weighted by molar-refractivity contribution is -0.139. The lowest BCUT2D eigenvalue weighted by Gasteiger charge is -2.44. The van der Waals surface area contributed by atoms with E-state index in [0.29, 0.717) is 72.9 Å². The molecule has 1 aromatic carbocycles. The number of nitrogens with zero attached hydrogens (tertiary/aromatic N) is 1.